The highest BCUT2D eigenvalue weighted by Crippen LogP contribution is 2.13. The summed E-state index contributed by atoms with van der Waals surface area (Å²) in [5.74, 6) is -0.0720. The van der Waals surface area contributed by atoms with Crippen LogP contribution in [0.25, 0.3) is 0 Å². The van der Waals surface area contributed by atoms with Gasteiger partial charge >= 0.3 is 6.03 Å². The molecule has 220 valence electrons. The maximum Gasteiger partial charge on any atom is 0.315 e. The Morgan fingerprint density at radius 2 is 0.946 bits per heavy atom. The van der Waals surface area contributed by atoms with Crippen LogP contribution in [0.1, 0.15) is 162 Å². The number of amides is 3. The summed E-state index contributed by atoms with van der Waals surface area (Å²) in [6.45, 7) is 6.44. The summed E-state index contributed by atoms with van der Waals surface area (Å²) in [6.07, 6.45) is 28.0. The van der Waals surface area contributed by atoms with E-state index in [2.05, 4.69) is 29.8 Å². The molecule has 0 aliphatic heterocycles. The highest BCUT2D eigenvalue weighted by atomic mass is 16.2. The number of nitrogens with two attached hydrogens (primary N) is 1. The summed E-state index contributed by atoms with van der Waals surface area (Å²) in [5, 5.41) is 8.85. The number of unbranched alkanes of at least 4 members (excludes halogenated alkanes) is 19. The van der Waals surface area contributed by atoms with Gasteiger partial charge in [0, 0.05) is 13.1 Å². The van der Waals surface area contributed by atoms with Crippen LogP contribution in [0.15, 0.2) is 0 Å². The molecule has 0 fully saturated rings. The Labute approximate surface area is 230 Å². The minimum absolute atomic E-state index is 0.0720. The SMILES string of the molecule is CCCCCCCCCCCCCCCCNC(=O)N[C@@H](CCCCN)C(=O)NCCCCCCCC. The molecule has 0 rings (SSSR count). The first-order chi connectivity index (χ1) is 18.2. The number of carbonyl (C=O) groups excluding carboxylic acids is 2. The van der Waals surface area contributed by atoms with Crippen LogP contribution in [-0.2, 0) is 4.79 Å². The first-order valence-corrected chi connectivity index (χ1v) is 16.2. The van der Waals surface area contributed by atoms with Crippen molar-refractivity contribution in [2.75, 3.05) is 19.6 Å². The van der Waals surface area contributed by atoms with Gasteiger partial charge in [0.15, 0.2) is 0 Å². The van der Waals surface area contributed by atoms with Crippen LogP contribution in [0.4, 0.5) is 4.79 Å². The van der Waals surface area contributed by atoms with Crippen molar-refractivity contribution in [2.45, 2.75) is 168 Å². The molecule has 0 unspecified atom stereocenters. The molecule has 0 radical (unpaired) electrons. The van der Waals surface area contributed by atoms with Crippen molar-refractivity contribution in [3.8, 4) is 0 Å². The van der Waals surface area contributed by atoms with Crippen molar-refractivity contribution in [1.29, 1.82) is 0 Å². The zero-order valence-electron chi connectivity index (χ0n) is 24.9. The van der Waals surface area contributed by atoms with E-state index >= 15 is 0 Å². The largest absolute Gasteiger partial charge is 0.354 e. The molecule has 0 aliphatic carbocycles. The molecule has 6 heteroatoms. The van der Waals surface area contributed by atoms with Crippen LogP contribution in [0, 0.1) is 0 Å². The number of hydrogen-bond acceptors (Lipinski definition) is 3. The van der Waals surface area contributed by atoms with Crippen molar-refractivity contribution in [2.24, 2.45) is 5.73 Å². The molecule has 0 aromatic heterocycles. The Morgan fingerprint density at radius 3 is 1.38 bits per heavy atom. The molecule has 0 heterocycles. The van der Waals surface area contributed by atoms with Crippen LogP contribution in [0.3, 0.4) is 0 Å². The van der Waals surface area contributed by atoms with E-state index in [0.29, 0.717) is 26.1 Å². The standard InChI is InChI=1S/C31H64N4O2/c1-3-5-7-9-11-12-13-14-15-16-17-18-20-24-28-34-31(37)35-29(25-21-22-26-32)30(36)33-27-23-19-10-8-6-4-2/h29H,3-28,32H2,1-2H3,(H,33,36)(H2,34,35,37)/t29-/m0/s1. The third-order valence-electron chi connectivity index (χ3n) is 7.21. The van der Waals surface area contributed by atoms with E-state index in [4.69, 9.17) is 5.73 Å². The smallest absolute Gasteiger partial charge is 0.315 e. The Morgan fingerprint density at radius 1 is 0.541 bits per heavy atom. The number of carbonyl (C=O) groups is 2. The highest BCUT2D eigenvalue weighted by Gasteiger charge is 2.19. The van der Waals surface area contributed by atoms with E-state index in [-0.39, 0.29) is 11.9 Å². The minimum Gasteiger partial charge on any atom is -0.354 e. The van der Waals surface area contributed by atoms with E-state index in [1.54, 1.807) is 0 Å². The summed E-state index contributed by atoms with van der Waals surface area (Å²) in [6, 6.07) is -0.717. The zero-order valence-corrected chi connectivity index (χ0v) is 24.9. The fraction of sp³-hybridized carbons (Fsp3) is 0.935. The maximum atomic E-state index is 12.6. The van der Waals surface area contributed by atoms with Gasteiger partial charge in [0.2, 0.25) is 5.91 Å². The van der Waals surface area contributed by atoms with Gasteiger partial charge in [-0.15, -0.1) is 0 Å². The molecule has 0 aliphatic rings. The van der Waals surface area contributed by atoms with E-state index in [1.807, 2.05) is 0 Å². The molecular weight excluding hydrogens is 460 g/mol. The fourth-order valence-electron chi connectivity index (χ4n) is 4.73. The lowest BCUT2D eigenvalue weighted by Gasteiger charge is -2.19. The Bertz CT molecular complexity index is 502. The molecule has 0 aromatic carbocycles. The third kappa shape index (κ3) is 26.1. The zero-order chi connectivity index (χ0) is 27.2. The molecule has 0 bridgehead atoms. The van der Waals surface area contributed by atoms with Crippen LogP contribution < -0.4 is 21.7 Å². The second kappa shape index (κ2) is 29.3. The molecule has 3 amide bonds. The van der Waals surface area contributed by atoms with E-state index in [1.165, 1.54) is 103 Å². The number of hydrogen-bond donors (Lipinski definition) is 4. The Hall–Kier alpha value is -1.30. The Balaban J connectivity index is 3.82. The summed E-state index contributed by atoms with van der Waals surface area (Å²) < 4.78 is 0. The van der Waals surface area contributed by atoms with Gasteiger partial charge in [-0.25, -0.2) is 4.79 Å². The molecule has 0 spiro atoms. The summed E-state index contributed by atoms with van der Waals surface area (Å²) in [5.41, 5.74) is 5.61. The molecule has 0 saturated carbocycles. The first-order valence-electron chi connectivity index (χ1n) is 16.2. The van der Waals surface area contributed by atoms with Crippen molar-refractivity contribution >= 4 is 11.9 Å². The number of rotatable bonds is 28. The lowest BCUT2D eigenvalue weighted by Crippen LogP contribution is -2.50. The summed E-state index contributed by atoms with van der Waals surface area (Å²) >= 11 is 0. The average Bonchev–Trinajstić information content (AvgIpc) is 2.89. The lowest BCUT2D eigenvalue weighted by molar-refractivity contribution is -0.123. The van der Waals surface area contributed by atoms with Gasteiger partial charge in [-0.3, -0.25) is 4.79 Å². The van der Waals surface area contributed by atoms with Crippen molar-refractivity contribution in [1.82, 2.24) is 16.0 Å². The van der Waals surface area contributed by atoms with Gasteiger partial charge in [-0.1, -0.05) is 129 Å². The average molecular weight is 525 g/mol. The monoisotopic (exact) mass is 525 g/mol. The topological polar surface area (TPSA) is 96.2 Å². The van der Waals surface area contributed by atoms with E-state index in [9.17, 15) is 9.59 Å². The van der Waals surface area contributed by atoms with Crippen LogP contribution in [0.2, 0.25) is 0 Å². The summed E-state index contributed by atoms with van der Waals surface area (Å²) in [7, 11) is 0. The van der Waals surface area contributed by atoms with E-state index in [0.717, 1.165) is 38.5 Å². The van der Waals surface area contributed by atoms with Crippen molar-refractivity contribution in [3.05, 3.63) is 0 Å². The highest BCUT2D eigenvalue weighted by molar-refractivity contribution is 5.86. The quantitative estimate of drug-likeness (QED) is 0.0788. The molecule has 0 saturated heterocycles. The fourth-order valence-corrected chi connectivity index (χ4v) is 4.73. The number of urea groups is 1. The maximum absolute atomic E-state index is 12.6. The summed E-state index contributed by atoms with van der Waals surface area (Å²) in [4.78, 5) is 25.0. The molecule has 0 aromatic rings. The van der Waals surface area contributed by atoms with Gasteiger partial charge in [0.25, 0.3) is 0 Å². The van der Waals surface area contributed by atoms with Gasteiger partial charge in [-0.05, 0) is 38.6 Å². The van der Waals surface area contributed by atoms with Crippen molar-refractivity contribution < 1.29 is 9.59 Å². The van der Waals surface area contributed by atoms with Crippen LogP contribution in [-0.4, -0.2) is 37.6 Å². The van der Waals surface area contributed by atoms with Gasteiger partial charge in [0.1, 0.15) is 6.04 Å². The van der Waals surface area contributed by atoms with Crippen LogP contribution >= 0.6 is 0 Å². The molecule has 6 nitrogen and oxygen atoms in total. The normalized spacial score (nSPS) is 11.9. The van der Waals surface area contributed by atoms with Crippen molar-refractivity contribution in [3.63, 3.8) is 0 Å². The Kier molecular flexibility index (Phi) is 28.2. The predicted octanol–water partition coefficient (Wildman–Crippen LogP) is 7.74. The minimum atomic E-state index is -0.483. The van der Waals surface area contributed by atoms with Gasteiger partial charge < -0.3 is 21.7 Å². The van der Waals surface area contributed by atoms with E-state index < -0.39 is 6.04 Å². The molecule has 1 atom stereocenters. The second-order valence-corrected chi connectivity index (χ2v) is 10.9. The molecule has 5 N–H and O–H groups in total. The predicted molar refractivity (Wildman–Crippen MR) is 160 cm³/mol. The van der Waals surface area contributed by atoms with Gasteiger partial charge in [-0.2, -0.15) is 0 Å². The molecule has 37 heavy (non-hydrogen) atoms. The third-order valence-corrected chi connectivity index (χ3v) is 7.21. The van der Waals surface area contributed by atoms with Crippen LogP contribution in [0.5, 0.6) is 0 Å². The number of nitrogens with one attached hydrogen (secondary N) is 3. The molecular formula is C31H64N4O2. The second-order valence-electron chi connectivity index (χ2n) is 10.9. The first kappa shape index (κ1) is 35.7. The van der Waals surface area contributed by atoms with Gasteiger partial charge in [0.05, 0.1) is 0 Å². The lowest BCUT2D eigenvalue weighted by atomic mass is 10.0.